The van der Waals surface area contributed by atoms with E-state index < -0.39 is 0 Å². The van der Waals surface area contributed by atoms with Gasteiger partial charge in [0.25, 0.3) is 0 Å². The summed E-state index contributed by atoms with van der Waals surface area (Å²) in [4.78, 5) is 12.4. The zero-order valence-corrected chi connectivity index (χ0v) is 11.3. The molecule has 0 amide bonds. The van der Waals surface area contributed by atoms with Crippen LogP contribution < -0.4 is 0 Å². The number of unbranched alkanes of at least 4 members (excludes halogenated alkanes) is 3. The number of rotatable bonds is 9. The molecular formula is C15H19FOS. The summed E-state index contributed by atoms with van der Waals surface area (Å²) in [6.45, 7) is 3.66. The molecule has 0 saturated carbocycles. The van der Waals surface area contributed by atoms with Crippen LogP contribution >= 0.6 is 11.8 Å². The average Bonchev–Trinajstić information content (AvgIpc) is 2.36. The second-order valence-corrected chi connectivity index (χ2v) is 5.22. The number of halogens is 1. The summed E-state index contributed by atoms with van der Waals surface area (Å²) in [6, 6.07) is 6.36. The zero-order chi connectivity index (χ0) is 13.2. The van der Waals surface area contributed by atoms with E-state index in [1.54, 1.807) is 6.07 Å². The maximum atomic E-state index is 12.9. The van der Waals surface area contributed by atoms with Gasteiger partial charge in [-0.2, -0.15) is 0 Å². The molecule has 1 rings (SSSR count). The lowest BCUT2D eigenvalue weighted by Crippen LogP contribution is -2.00. The van der Waals surface area contributed by atoms with Gasteiger partial charge in [0.2, 0.25) is 0 Å². The summed E-state index contributed by atoms with van der Waals surface area (Å²) in [6.07, 6.45) is 6.67. The highest BCUT2D eigenvalue weighted by atomic mass is 32.2. The maximum Gasteiger partial charge on any atom is 0.143 e. The van der Waals surface area contributed by atoms with Crippen molar-refractivity contribution >= 4 is 17.5 Å². The third-order valence-electron chi connectivity index (χ3n) is 2.56. The van der Waals surface area contributed by atoms with Crippen molar-refractivity contribution in [2.75, 3.05) is 5.75 Å². The van der Waals surface area contributed by atoms with Gasteiger partial charge in [-0.3, -0.25) is 4.79 Å². The molecule has 0 aliphatic carbocycles. The van der Waals surface area contributed by atoms with Crippen molar-refractivity contribution in [3.05, 3.63) is 42.7 Å². The predicted octanol–water partition coefficient (Wildman–Crippen LogP) is 4.62. The summed E-state index contributed by atoms with van der Waals surface area (Å²) >= 11 is 1.41. The SMILES string of the molecule is C=CCCCCCC(=O)CSc1cccc(F)c1. The fraction of sp³-hybridized carbons (Fsp3) is 0.400. The third-order valence-corrected chi connectivity index (χ3v) is 3.61. The molecule has 0 spiro atoms. The summed E-state index contributed by atoms with van der Waals surface area (Å²) < 4.78 is 12.9. The van der Waals surface area contributed by atoms with E-state index >= 15 is 0 Å². The molecule has 0 radical (unpaired) electrons. The van der Waals surface area contributed by atoms with E-state index in [-0.39, 0.29) is 11.6 Å². The first-order valence-corrected chi connectivity index (χ1v) is 7.22. The number of benzene rings is 1. The number of hydrogen-bond acceptors (Lipinski definition) is 2. The smallest absolute Gasteiger partial charge is 0.143 e. The van der Waals surface area contributed by atoms with Gasteiger partial charge in [-0.1, -0.05) is 18.6 Å². The van der Waals surface area contributed by atoms with Gasteiger partial charge in [0.15, 0.2) is 0 Å². The van der Waals surface area contributed by atoms with Crippen LogP contribution in [0, 0.1) is 5.82 Å². The fourth-order valence-electron chi connectivity index (χ4n) is 1.58. The van der Waals surface area contributed by atoms with Gasteiger partial charge in [0, 0.05) is 11.3 Å². The van der Waals surface area contributed by atoms with E-state index in [2.05, 4.69) is 6.58 Å². The Balaban J connectivity index is 2.15. The molecule has 0 bridgehead atoms. The number of ketones is 1. The standard InChI is InChI=1S/C15H19FOS/c1-2-3-4-5-6-9-14(17)12-18-15-10-7-8-13(16)11-15/h2,7-8,10-11H,1,3-6,9,12H2. The van der Waals surface area contributed by atoms with Gasteiger partial charge in [-0.25, -0.2) is 4.39 Å². The molecule has 18 heavy (non-hydrogen) atoms. The number of hydrogen-bond donors (Lipinski definition) is 0. The highest BCUT2D eigenvalue weighted by molar-refractivity contribution is 8.00. The van der Waals surface area contributed by atoms with Crippen molar-refractivity contribution in [3.8, 4) is 0 Å². The van der Waals surface area contributed by atoms with Crippen LogP contribution in [-0.2, 0) is 4.79 Å². The minimum absolute atomic E-state index is 0.239. The molecule has 0 aliphatic heterocycles. The van der Waals surface area contributed by atoms with Gasteiger partial charge in [0.05, 0.1) is 5.75 Å². The lowest BCUT2D eigenvalue weighted by Gasteiger charge is -2.02. The van der Waals surface area contributed by atoms with Crippen molar-refractivity contribution in [1.82, 2.24) is 0 Å². The van der Waals surface area contributed by atoms with Crippen molar-refractivity contribution in [2.45, 2.75) is 37.0 Å². The van der Waals surface area contributed by atoms with Crippen molar-refractivity contribution in [2.24, 2.45) is 0 Å². The molecule has 3 heteroatoms. The maximum absolute atomic E-state index is 12.9. The number of thioether (sulfide) groups is 1. The number of carbonyl (C=O) groups excluding carboxylic acids is 1. The van der Waals surface area contributed by atoms with Gasteiger partial charge in [-0.05, 0) is 37.5 Å². The first kappa shape index (κ1) is 15.0. The highest BCUT2D eigenvalue weighted by Gasteiger charge is 2.03. The van der Waals surface area contributed by atoms with Crippen LogP contribution in [0.15, 0.2) is 41.8 Å². The highest BCUT2D eigenvalue weighted by Crippen LogP contribution is 2.19. The number of carbonyl (C=O) groups is 1. The summed E-state index contributed by atoms with van der Waals surface area (Å²) in [7, 11) is 0. The molecule has 0 unspecified atom stereocenters. The molecule has 0 aromatic heterocycles. The number of Topliss-reactive ketones (excluding diaryl/α,β-unsaturated/α-hetero) is 1. The molecule has 0 saturated heterocycles. The largest absolute Gasteiger partial charge is 0.299 e. The van der Waals surface area contributed by atoms with Gasteiger partial charge >= 0.3 is 0 Å². The predicted molar refractivity (Wildman–Crippen MR) is 75.4 cm³/mol. The van der Waals surface area contributed by atoms with Crippen LogP contribution in [0.5, 0.6) is 0 Å². The van der Waals surface area contributed by atoms with Crippen LogP contribution in [-0.4, -0.2) is 11.5 Å². The molecule has 1 aromatic rings. The molecule has 0 atom stereocenters. The molecule has 0 heterocycles. The fourth-order valence-corrected chi connectivity index (χ4v) is 2.42. The van der Waals surface area contributed by atoms with Crippen LogP contribution in [0.1, 0.15) is 32.1 Å². The Labute approximate surface area is 112 Å². The van der Waals surface area contributed by atoms with Crippen LogP contribution in [0.25, 0.3) is 0 Å². The zero-order valence-electron chi connectivity index (χ0n) is 10.5. The Morgan fingerprint density at radius 1 is 1.33 bits per heavy atom. The lowest BCUT2D eigenvalue weighted by atomic mass is 10.1. The second kappa shape index (κ2) is 8.92. The molecule has 1 nitrogen and oxygen atoms in total. The van der Waals surface area contributed by atoms with Crippen molar-refractivity contribution < 1.29 is 9.18 Å². The molecule has 0 fully saturated rings. The first-order valence-electron chi connectivity index (χ1n) is 6.23. The molecular weight excluding hydrogens is 247 g/mol. The van der Waals surface area contributed by atoms with Gasteiger partial charge in [-0.15, -0.1) is 18.3 Å². The van der Waals surface area contributed by atoms with Gasteiger partial charge < -0.3 is 0 Å². The summed E-state index contributed by atoms with van der Waals surface area (Å²) in [5.41, 5.74) is 0. The van der Waals surface area contributed by atoms with E-state index in [9.17, 15) is 9.18 Å². The lowest BCUT2D eigenvalue weighted by molar-refractivity contribution is -0.116. The van der Waals surface area contributed by atoms with E-state index in [0.717, 1.165) is 30.6 Å². The van der Waals surface area contributed by atoms with E-state index in [0.29, 0.717) is 12.2 Å². The van der Waals surface area contributed by atoms with Crippen molar-refractivity contribution in [3.63, 3.8) is 0 Å². The molecule has 98 valence electrons. The third kappa shape index (κ3) is 6.60. The Morgan fingerprint density at radius 3 is 2.89 bits per heavy atom. The minimum Gasteiger partial charge on any atom is -0.299 e. The van der Waals surface area contributed by atoms with Crippen LogP contribution in [0.2, 0.25) is 0 Å². The van der Waals surface area contributed by atoms with E-state index in [1.807, 2.05) is 12.1 Å². The van der Waals surface area contributed by atoms with Gasteiger partial charge in [0.1, 0.15) is 11.6 Å². The molecule has 0 aliphatic rings. The molecule has 1 aromatic carbocycles. The van der Waals surface area contributed by atoms with Crippen LogP contribution in [0.3, 0.4) is 0 Å². The number of allylic oxidation sites excluding steroid dienone is 1. The Hall–Kier alpha value is -1.09. The Morgan fingerprint density at radius 2 is 2.17 bits per heavy atom. The second-order valence-electron chi connectivity index (χ2n) is 4.17. The minimum atomic E-state index is -0.253. The molecule has 0 N–H and O–H groups in total. The topological polar surface area (TPSA) is 17.1 Å². The Bertz CT molecular complexity index is 390. The quantitative estimate of drug-likeness (QED) is 0.368. The van der Waals surface area contributed by atoms with Crippen molar-refractivity contribution in [1.29, 1.82) is 0 Å². The van der Waals surface area contributed by atoms with Crippen LogP contribution in [0.4, 0.5) is 4.39 Å². The monoisotopic (exact) mass is 266 g/mol. The van der Waals surface area contributed by atoms with E-state index in [1.165, 1.54) is 23.9 Å². The average molecular weight is 266 g/mol. The summed E-state index contributed by atoms with van der Waals surface area (Å²) in [5.74, 6) is 0.421. The normalized spacial score (nSPS) is 10.3. The Kier molecular flexibility index (Phi) is 7.42. The summed E-state index contributed by atoms with van der Waals surface area (Å²) in [5, 5.41) is 0. The first-order chi connectivity index (χ1) is 8.72. The van der Waals surface area contributed by atoms with E-state index in [4.69, 9.17) is 0 Å².